The van der Waals surface area contributed by atoms with Crippen molar-refractivity contribution in [3.8, 4) is 0 Å². The summed E-state index contributed by atoms with van der Waals surface area (Å²) in [5, 5.41) is 24.7. The average Bonchev–Trinajstić information content (AvgIpc) is 2.69. The Hall–Kier alpha value is -3.30. The number of rotatable bonds is 16. The molecule has 15 nitrogen and oxygen atoms in total. The van der Waals surface area contributed by atoms with Gasteiger partial charge in [0.1, 0.15) is 18.1 Å². The Morgan fingerprint density at radius 2 is 1.22 bits per heavy atom. The maximum atomic E-state index is 12.5. The van der Waals surface area contributed by atoms with Crippen LogP contribution < -0.4 is 38.9 Å². The Morgan fingerprint density at radius 1 is 0.750 bits per heavy atom. The molecule has 0 saturated carbocycles. The Labute approximate surface area is 183 Å². The Balaban J connectivity index is 5.20. The number of carbonyl (C=O) groups excluding carboxylic acids is 5. The van der Waals surface area contributed by atoms with Crippen molar-refractivity contribution in [1.82, 2.24) is 16.0 Å². The maximum Gasteiger partial charge on any atom is 0.326 e. The van der Waals surface area contributed by atoms with Gasteiger partial charge in [0.2, 0.25) is 29.5 Å². The fourth-order valence-corrected chi connectivity index (χ4v) is 2.47. The van der Waals surface area contributed by atoms with Gasteiger partial charge in [-0.15, -0.1) is 0 Å². The van der Waals surface area contributed by atoms with Crippen LogP contribution in [0.4, 0.5) is 0 Å². The molecular formula is C17H31N7O8. The number of aliphatic hydroxyl groups excluding tert-OH is 1. The molecular weight excluding hydrogens is 430 g/mol. The van der Waals surface area contributed by atoms with E-state index in [1.54, 1.807) is 0 Å². The van der Waals surface area contributed by atoms with Gasteiger partial charge in [-0.05, 0) is 19.4 Å². The molecule has 0 saturated heterocycles. The summed E-state index contributed by atoms with van der Waals surface area (Å²) in [6.45, 7) is -0.551. The van der Waals surface area contributed by atoms with Crippen molar-refractivity contribution in [2.45, 2.75) is 56.3 Å². The minimum atomic E-state index is -1.70. The quantitative estimate of drug-likeness (QED) is 0.0983. The molecule has 0 aromatic rings. The summed E-state index contributed by atoms with van der Waals surface area (Å²) in [5.74, 6) is -6.46. The summed E-state index contributed by atoms with van der Waals surface area (Å²) in [6, 6.07) is -5.86. The van der Waals surface area contributed by atoms with E-state index in [1.807, 2.05) is 5.32 Å². The zero-order chi connectivity index (χ0) is 24.8. The third-order valence-electron chi connectivity index (χ3n) is 4.18. The lowest BCUT2D eigenvalue weighted by molar-refractivity contribution is -0.144. The second-order valence-electron chi connectivity index (χ2n) is 6.94. The van der Waals surface area contributed by atoms with Crippen molar-refractivity contribution in [2.24, 2.45) is 22.9 Å². The van der Waals surface area contributed by atoms with Gasteiger partial charge in [-0.1, -0.05) is 6.42 Å². The predicted molar refractivity (Wildman–Crippen MR) is 109 cm³/mol. The number of primary amides is 2. The SMILES string of the molecule is NCCCCC(N)C(=O)NC(CC(N)=O)C(=O)NC(CO)C(=O)NC(CC(N)=O)C(=O)O. The zero-order valence-electron chi connectivity index (χ0n) is 17.4. The van der Waals surface area contributed by atoms with Crippen molar-refractivity contribution < 1.29 is 39.0 Å². The number of nitrogens with one attached hydrogen (secondary N) is 3. The number of hydrogen-bond acceptors (Lipinski definition) is 9. The molecule has 5 amide bonds. The van der Waals surface area contributed by atoms with E-state index in [9.17, 15) is 33.9 Å². The summed E-state index contributed by atoms with van der Waals surface area (Å²) >= 11 is 0. The largest absolute Gasteiger partial charge is 0.480 e. The first-order valence-electron chi connectivity index (χ1n) is 9.69. The Morgan fingerprint density at radius 3 is 1.69 bits per heavy atom. The number of hydrogen-bond donors (Lipinski definition) is 9. The average molecular weight is 461 g/mol. The fraction of sp³-hybridized carbons (Fsp3) is 0.647. The highest BCUT2D eigenvalue weighted by Crippen LogP contribution is 2.01. The molecule has 182 valence electrons. The number of carboxylic acid groups (broad SMARTS) is 1. The lowest BCUT2D eigenvalue weighted by Gasteiger charge is -2.23. The van der Waals surface area contributed by atoms with Crippen molar-refractivity contribution in [2.75, 3.05) is 13.2 Å². The molecule has 0 aliphatic rings. The highest BCUT2D eigenvalue weighted by atomic mass is 16.4. The van der Waals surface area contributed by atoms with Gasteiger partial charge in [-0.25, -0.2) is 4.79 Å². The molecule has 0 aromatic carbocycles. The molecule has 0 spiro atoms. The van der Waals surface area contributed by atoms with E-state index in [4.69, 9.17) is 28.0 Å². The minimum absolute atomic E-state index is 0.270. The topological polar surface area (TPSA) is 283 Å². The molecule has 0 fully saturated rings. The van der Waals surface area contributed by atoms with Crippen LogP contribution in [0.25, 0.3) is 0 Å². The van der Waals surface area contributed by atoms with Crippen LogP contribution in [0.15, 0.2) is 0 Å². The van der Waals surface area contributed by atoms with Crippen LogP contribution in [0.1, 0.15) is 32.1 Å². The Bertz CT molecular complexity index is 702. The summed E-state index contributed by atoms with van der Waals surface area (Å²) < 4.78 is 0. The lowest BCUT2D eigenvalue weighted by atomic mass is 10.1. The monoisotopic (exact) mass is 461 g/mol. The molecule has 0 radical (unpaired) electrons. The van der Waals surface area contributed by atoms with Crippen molar-refractivity contribution in [3.05, 3.63) is 0 Å². The highest BCUT2D eigenvalue weighted by Gasteiger charge is 2.31. The molecule has 13 N–H and O–H groups in total. The van der Waals surface area contributed by atoms with Crippen molar-refractivity contribution in [3.63, 3.8) is 0 Å². The van der Waals surface area contributed by atoms with Gasteiger partial charge in [-0.2, -0.15) is 0 Å². The third-order valence-corrected chi connectivity index (χ3v) is 4.18. The summed E-state index contributed by atoms with van der Waals surface area (Å²) in [7, 11) is 0. The van der Waals surface area contributed by atoms with Gasteiger partial charge < -0.3 is 49.1 Å². The molecule has 0 aliphatic heterocycles. The molecule has 4 atom stereocenters. The molecule has 4 unspecified atom stereocenters. The Kier molecular flexibility index (Phi) is 13.1. The summed E-state index contributed by atoms with van der Waals surface area (Å²) in [6.07, 6.45) is 0.0983. The number of unbranched alkanes of at least 4 members (excludes halogenated alkanes) is 1. The minimum Gasteiger partial charge on any atom is -0.480 e. The molecule has 0 aromatic heterocycles. The van der Waals surface area contributed by atoms with Crippen LogP contribution in [-0.2, 0) is 28.8 Å². The first-order valence-corrected chi connectivity index (χ1v) is 9.69. The first-order chi connectivity index (χ1) is 14.9. The van der Waals surface area contributed by atoms with E-state index < -0.39 is 79.1 Å². The van der Waals surface area contributed by atoms with Crippen LogP contribution in [0, 0.1) is 0 Å². The first kappa shape index (κ1) is 28.7. The molecule has 0 rings (SSSR count). The van der Waals surface area contributed by atoms with E-state index in [-0.39, 0.29) is 6.42 Å². The maximum absolute atomic E-state index is 12.5. The van der Waals surface area contributed by atoms with Gasteiger partial charge in [0, 0.05) is 0 Å². The van der Waals surface area contributed by atoms with Gasteiger partial charge in [0.05, 0.1) is 25.5 Å². The molecule has 0 bridgehead atoms. The van der Waals surface area contributed by atoms with Crippen LogP contribution in [0.3, 0.4) is 0 Å². The smallest absolute Gasteiger partial charge is 0.326 e. The van der Waals surface area contributed by atoms with Gasteiger partial charge >= 0.3 is 5.97 Å². The molecule has 0 heterocycles. The van der Waals surface area contributed by atoms with Crippen LogP contribution >= 0.6 is 0 Å². The molecule has 32 heavy (non-hydrogen) atoms. The van der Waals surface area contributed by atoms with E-state index in [1.165, 1.54) is 0 Å². The van der Waals surface area contributed by atoms with Crippen LogP contribution in [-0.4, -0.2) is 83.0 Å². The van der Waals surface area contributed by atoms with Crippen molar-refractivity contribution >= 4 is 35.5 Å². The second kappa shape index (κ2) is 14.7. The summed E-state index contributed by atoms with van der Waals surface area (Å²) in [4.78, 5) is 70.3. The fourth-order valence-electron chi connectivity index (χ4n) is 2.47. The van der Waals surface area contributed by atoms with E-state index >= 15 is 0 Å². The van der Waals surface area contributed by atoms with Crippen molar-refractivity contribution in [1.29, 1.82) is 0 Å². The van der Waals surface area contributed by atoms with Crippen LogP contribution in [0.5, 0.6) is 0 Å². The number of nitrogens with two attached hydrogens (primary N) is 4. The van der Waals surface area contributed by atoms with Gasteiger partial charge in [0.15, 0.2) is 0 Å². The number of aliphatic hydroxyl groups is 1. The van der Waals surface area contributed by atoms with Gasteiger partial charge in [-0.3, -0.25) is 24.0 Å². The number of carbonyl (C=O) groups is 6. The standard InChI is InChI=1S/C17H31N7O8/c18-4-2-1-3-8(19)14(28)22-9(5-12(20)26)15(29)24-11(7-25)16(30)23-10(17(31)32)6-13(21)27/h8-11,25H,1-7,18-19H2,(H2,20,26)(H2,21,27)(H,22,28)(H,23,30)(H,24,29)(H,31,32). The van der Waals surface area contributed by atoms with Gasteiger partial charge in [0.25, 0.3) is 0 Å². The van der Waals surface area contributed by atoms with E-state index in [2.05, 4.69) is 10.6 Å². The molecule has 0 aliphatic carbocycles. The summed E-state index contributed by atoms with van der Waals surface area (Å²) in [5.41, 5.74) is 21.1. The second-order valence-corrected chi connectivity index (χ2v) is 6.94. The number of aliphatic carboxylic acids is 1. The third kappa shape index (κ3) is 11.2. The predicted octanol–water partition coefficient (Wildman–Crippen LogP) is -5.28. The van der Waals surface area contributed by atoms with E-state index in [0.29, 0.717) is 19.4 Å². The highest BCUT2D eigenvalue weighted by molar-refractivity contribution is 5.96. The number of carboxylic acids is 1. The van der Waals surface area contributed by atoms with E-state index in [0.717, 1.165) is 0 Å². The molecule has 15 heteroatoms. The zero-order valence-corrected chi connectivity index (χ0v) is 17.4. The lowest BCUT2D eigenvalue weighted by Crippen LogP contribution is -2.58. The normalized spacial score (nSPS) is 14.3. The van der Waals surface area contributed by atoms with Crippen LogP contribution in [0.2, 0.25) is 0 Å². The number of amides is 5.